The van der Waals surface area contributed by atoms with E-state index in [4.69, 9.17) is 10.9 Å². The average molecular weight is 472 g/mol. The molecule has 2 unspecified atom stereocenters. The van der Waals surface area contributed by atoms with E-state index in [-0.39, 0.29) is 16.7 Å². The summed E-state index contributed by atoms with van der Waals surface area (Å²) >= 11 is 3.55. The molecule has 2 atom stereocenters. The van der Waals surface area contributed by atoms with Gasteiger partial charge in [0.15, 0.2) is 5.13 Å². The van der Waals surface area contributed by atoms with Crippen LogP contribution in [0.15, 0.2) is 26.2 Å². The van der Waals surface area contributed by atoms with Crippen LogP contribution < -0.4 is 21.3 Å². The number of carboxylic acids is 1. The Morgan fingerprint density at radius 3 is 2.90 bits per heavy atom. The second kappa shape index (κ2) is 8.13. The number of nitrogens with one attached hydrogen (secondary N) is 2. The third-order valence-electron chi connectivity index (χ3n) is 4.52. The minimum atomic E-state index is -1.21. The number of thioether (sulfide) groups is 1. The van der Waals surface area contributed by atoms with E-state index in [9.17, 15) is 19.5 Å². The fourth-order valence-corrected chi connectivity index (χ4v) is 5.60. The lowest BCUT2D eigenvalue weighted by Gasteiger charge is -2.50. The number of β-lactam (4-membered cyclic amide) rings is 1. The lowest BCUT2D eigenvalue weighted by molar-refractivity contribution is -0.531. The highest BCUT2D eigenvalue weighted by Gasteiger charge is 2.54. The number of carboxylic acid groups (broad SMARTS) is 1. The topological polar surface area (TPSA) is 200 Å². The third kappa shape index (κ3) is 3.57. The molecule has 0 saturated carbocycles. The Labute approximate surface area is 181 Å². The number of hydrogen-bond acceptors (Lipinski definition) is 12. The smallest absolute Gasteiger partial charge is 0.353 e. The Hall–Kier alpha value is -2.82. The number of oxime groups is 1. The zero-order valence-corrected chi connectivity index (χ0v) is 17.4. The Balaban J connectivity index is 1.50. The first kappa shape index (κ1) is 20.5. The first-order valence-corrected chi connectivity index (χ1v) is 10.9. The highest BCUT2D eigenvalue weighted by molar-refractivity contribution is 8.21. The van der Waals surface area contributed by atoms with Gasteiger partial charge in [0.2, 0.25) is 11.5 Å². The molecule has 158 valence electrons. The molecule has 0 aromatic carbocycles. The summed E-state index contributed by atoms with van der Waals surface area (Å²) in [6.45, 7) is 0. The molecule has 8 N–H and O–H groups in total. The molecule has 30 heavy (non-hydrogen) atoms. The van der Waals surface area contributed by atoms with Crippen molar-refractivity contribution >= 4 is 63.9 Å². The quantitative estimate of drug-likeness (QED) is 0.0693. The molecule has 0 aliphatic carbocycles. The number of aromatic nitrogens is 2. The normalized spacial score (nSPS) is 23.5. The molecular formula is C14H15N8O5S3+. The molecule has 1 fully saturated rings. The van der Waals surface area contributed by atoms with Gasteiger partial charge in [-0.25, -0.2) is 10.2 Å². The average Bonchev–Trinajstić information content (AvgIpc) is 3.38. The highest BCUT2D eigenvalue weighted by atomic mass is 32.2. The van der Waals surface area contributed by atoms with E-state index in [1.807, 2.05) is 0 Å². The molecule has 1 aromatic rings. The molecule has 4 rings (SSSR count). The van der Waals surface area contributed by atoms with Gasteiger partial charge in [-0.3, -0.25) is 14.5 Å². The number of nitrogen functional groups attached to an aromatic ring is 1. The van der Waals surface area contributed by atoms with Crippen LogP contribution in [0.5, 0.6) is 0 Å². The summed E-state index contributed by atoms with van der Waals surface area (Å²) in [4.78, 5) is 44.4. The van der Waals surface area contributed by atoms with Crippen LogP contribution in [0.1, 0.15) is 18.7 Å². The van der Waals surface area contributed by atoms with Crippen LogP contribution in [0.2, 0.25) is 0 Å². The third-order valence-corrected chi connectivity index (χ3v) is 7.17. The van der Waals surface area contributed by atoms with Gasteiger partial charge in [-0.05, 0) is 12.8 Å². The molecule has 0 radical (unpaired) electrons. The lowest BCUT2D eigenvalue weighted by Crippen LogP contribution is -2.81. The van der Waals surface area contributed by atoms with Gasteiger partial charge in [0.1, 0.15) is 27.9 Å². The SMILES string of the molecule is Nc1nc(/C(=N/O)C(=O)NC2C(=O)N3C(C(=O)O)=C(SC4=CN[NH2+]S4)CCC23)ns1. The van der Waals surface area contributed by atoms with Crippen molar-refractivity contribution in [3.05, 3.63) is 26.9 Å². The number of nitrogens with zero attached hydrogens (tertiary/aromatic N) is 4. The largest absolute Gasteiger partial charge is 0.477 e. The molecule has 0 bridgehead atoms. The summed E-state index contributed by atoms with van der Waals surface area (Å²) < 4.78 is 4.68. The number of amides is 2. The first-order chi connectivity index (χ1) is 14.4. The highest BCUT2D eigenvalue weighted by Crippen LogP contribution is 2.44. The number of carbonyl (C=O) groups is 3. The van der Waals surface area contributed by atoms with Gasteiger partial charge in [-0.1, -0.05) is 16.9 Å². The molecule has 2 amide bonds. The summed E-state index contributed by atoms with van der Waals surface area (Å²) in [5.74, 6) is -2.78. The summed E-state index contributed by atoms with van der Waals surface area (Å²) in [7, 11) is 0. The molecule has 3 aliphatic rings. The summed E-state index contributed by atoms with van der Waals surface area (Å²) in [6.07, 6.45) is 2.67. The van der Waals surface area contributed by atoms with Crippen molar-refractivity contribution < 1.29 is 29.5 Å². The van der Waals surface area contributed by atoms with Crippen LogP contribution in [0, 0.1) is 0 Å². The van der Waals surface area contributed by atoms with E-state index in [1.54, 1.807) is 11.0 Å². The van der Waals surface area contributed by atoms with E-state index in [0.29, 0.717) is 17.7 Å². The molecule has 16 heteroatoms. The molecule has 1 saturated heterocycles. The summed E-state index contributed by atoms with van der Waals surface area (Å²) in [6, 6.07) is -1.46. The standard InChI is InChI=1S/C14H14N8O5S3/c15-14-18-10(20-30-14)8(19-27)11(23)17-7-4-1-2-5(28-6-3-16-21-29-6)9(13(25)26)22(4)12(7)24/h3-4,7,16,21,27H,1-2H2,(H,17,23)(H,25,26)(H2,15,18,20)/p+1/b19-8-. The zero-order valence-electron chi connectivity index (χ0n) is 14.9. The molecule has 1 aromatic heterocycles. The Morgan fingerprint density at radius 2 is 2.30 bits per heavy atom. The number of rotatable bonds is 6. The van der Waals surface area contributed by atoms with Gasteiger partial charge in [0, 0.05) is 16.4 Å². The number of anilines is 1. The second-order valence-electron chi connectivity index (χ2n) is 6.21. The van der Waals surface area contributed by atoms with Crippen molar-refractivity contribution in [2.75, 3.05) is 5.73 Å². The van der Waals surface area contributed by atoms with Crippen LogP contribution in [0.3, 0.4) is 0 Å². The second-order valence-corrected chi connectivity index (χ2v) is 9.30. The molecule has 0 spiro atoms. The molecule has 3 aliphatic heterocycles. The van der Waals surface area contributed by atoms with Gasteiger partial charge < -0.3 is 21.4 Å². The maximum Gasteiger partial charge on any atom is 0.353 e. The fourth-order valence-electron chi connectivity index (χ4n) is 3.26. The van der Waals surface area contributed by atoms with Gasteiger partial charge in [0.05, 0.1) is 12.2 Å². The van der Waals surface area contributed by atoms with E-state index < -0.39 is 35.6 Å². The number of hydrogen-bond donors (Lipinski definition) is 6. The van der Waals surface area contributed by atoms with Crippen molar-refractivity contribution in [2.45, 2.75) is 24.9 Å². The van der Waals surface area contributed by atoms with Crippen LogP contribution in [0.25, 0.3) is 0 Å². The van der Waals surface area contributed by atoms with Crippen LogP contribution >= 0.6 is 35.2 Å². The molecule has 4 heterocycles. The number of nitrogens with two attached hydrogens (primary N) is 2. The van der Waals surface area contributed by atoms with Gasteiger partial charge in [0.25, 0.3) is 11.8 Å². The predicted molar refractivity (Wildman–Crippen MR) is 107 cm³/mol. The van der Waals surface area contributed by atoms with Gasteiger partial charge in [-0.15, -0.1) is 0 Å². The Kier molecular flexibility index (Phi) is 5.54. The number of fused-ring (bicyclic) bond motifs is 1. The Morgan fingerprint density at radius 1 is 1.50 bits per heavy atom. The monoisotopic (exact) mass is 471 g/mol. The number of quaternary nitrogens is 1. The van der Waals surface area contributed by atoms with Crippen molar-refractivity contribution in [1.82, 2.24) is 25.0 Å². The predicted octanol–water partition coefficient (Wildman–Crippen LogP) is -1.65. The van der Waals surface area contributed by atoms with Gasteiger partial charge in [-0.2, -0.15) is 14.2 Å². The van der Waals surface area contributed by atoms with E-state index in [1.165, 1.54) is 28.6 Å². The maximum atomic E-state index is 12.7. The minimum Gasteiger partial charge on any atom is -0.477 e. The lowest BCUT2D eigenvalue weighted by atomic mass is 9.86. The zero-order chi connectivity index (χ0) is 21.4. The van der Waals surface area contributed by atoms with Gasteiger partial charge >= 0.3 is 5.97 Å². The van der Waals surface area contributed by atoms with Crippen molar-refractivity contribution in [2.24, 2.45) is 5.16 Å². The maximum absolute atomic E-state index is 12.7. The van der Waals surface area contributed by atoms with Crippen LogP contribution in [-0.4, -0.2) is 60.2 Å². The van der Waals surface area contributed by atoms with E-state index in [2.05, 4.69) is 25.3 Å². The van der Waals surface area contributed by atoms with Crippen molar-refractivity contribution in [3.63, 3.8) is 0 Å². The van der Waals surface area contributed by atoms with E-state index in [0.717, 1.165) is 15.8 Å². The molecular weight excluding hydrogens is 456 g/mol. The van der Waals surface area contributed by atoms with E-state index >= 15 is 0 Å². The fraction of sp³-hybridized carbons (Fsp3) is 0.286. The summed E-state index contributed by atoms with van der Waals surface area (Å²) in [5.41, 5.74) is 7.83. The van der Waals surface area contributed by atoms with Crippen molar-refractivity contribution in [1.29, 1.82) is 0 Å². The minimum absolute atomic E-state index is 0.0786. The van der Waals surface area contributed by atoms with Crippen LogP contribution in [-0.2, 0) is 14.4 Å². The summed E-state index contributed by atoms with van der Waals surface area (Å²) in [5, 5.41) is 24.3. The Bertz CT molecular complexity index is 1020. The number of carbonyl (C=O) groups excluding carboxylic acids is 2. The number of aliphatic carboxylic acids is 1. The molecule has 13 nitrogen and oxygen atoms in total. The number of allylic oxidation sites excluding steroid dienone is 1. The van der Waals surface area contributed by atoms with Crippen molar-refractivity contribution in [3.8, 4) is 0 Å². The van der Waals surface area contributed by atoms with Crippen LogP contribution in [0.4, 0.5) is 5.13 Å². The first-order valence-electron chi connectivity index (χ1n) is 8.45.